The Balaban J connectivity index is 1.60. The van der Waals surface area contributed by atoms with Crippen LogP contribution in [0.4, 0.5) is 9.39 Å². The van der Waals surface area contributed by atoms with Gasteiger partial charge in [-0.1, -0.05) is 0 Å². The zero-order valence-corrected chi connectivity index (χ0v) is 19.1. The molecule has 0 radical (unpaired) electrons. The Labute approximate surface area is 185 Å². The molecular weight excluding hydrogens is 423 g/mol. The molecule has 30 heavy (non-hydrogen) atoms. The number of carbonyl (C=O) groups is 2. The highest BCUT2D eigenvalue weighted by atomic mass is 32.2. The highest BCUT2D eigenvalue weighted by molar-refractivity contribution is 7.99. The average Bonchev–Trinajstić information content (AvgIpc) is 3.08. The third kappa shape index (κ3) is 5.62. The number of hydrogen-bond donors (Lipinski definition) is 1. The lowest BCUT2D eigenvalue weighted by atomic mass is 10.0. The molecule has 1 N–H and O–H groups in total. The van der Waals surface area contributed by atoms with Gasteiger partial charge < -0.3 is 10.1 Å². The van der Waals surface area contributed by atoms with Gasteiger partial charge in [0.1, 0.15) is 10.8 Å². The van der Waals surface area contributed by atoms with Crippen molar-refractivity contribution in [1.29, 1.82) is 0 Å². The van der Waals surface area contributed by atoms with Crippen molar-refractivity contribution in [3.05, 3.63) is 46.1 Å². The van der Waals surface area contributed by atoms with Crippen LogP contribution in [0.5, 0.6) is 0 Å². The summed E-state index contributed by atoms with van der Waals surface area (Å²) < 4.78 is 17.9. The molecule has 0 saturated carbocycles. The van der Waals surface area contributed by atoms with Crippen LogP contribution in [0, 0.1) is 5.82 Å². The number of hydrogen-bond acceptors (Lipinski definition) is 6. The predicted octanol–water partition coefficient (Wildman–Crippen LogP) is 4.95. The van der Waals surface area contributed by atoms with Crippen molar-refractivity contribution in [2.45, 2.75) is 50.6 Å². The highest BCUT2D eigenvalue weighted by Gasteiger charge is 2.29. The summed E-state index contributed by atoms with van der Waals surface area (Å²) in [5.41, 5.74) is 1.51. The summed E-state index contributed by atoms with van der Waals surface area (Å²) in [4.78, 5) is 29.3. The smallest absolute Gasteiger partial charge is 0.341 e. The Morgan fingerprint density at radius 3 is 2.70 bits per heavy atom. The number of benzene rings is 1. The van der Waals surface area contributed by atoms with Gasteiger partial charge in [-0.25, -0.2) is 9.18 Å². The largest absolute Gasteiger partial charge is 0.465 e. The van der Waals surface area contributed by atoms with Crippen molar-refractivity contribution >= 4 is 40.0 Å². The van der Waals surface area contributed by atoms with Crippen molar-refractivity contribution in [2.24, 2.45) is 0 Å². The second-order valence-corrected chi connectivity index (χ2v) is 9.74. The minimum atomic E-state index is -0.396. The van der Waals surface area contributed by atoms with Gasteiger partial charge in [-0.2, -0.15) is 0 Å². The molecule has 0 spiro atoms. The van der Waals surface area contributed by atoms with E-state index in [0.717, 1.165) is 40.6 Å². The number of nitrogens with zero attached hydrogens (tertiary/aromatic N) is 1. The van der Waals surface area contributed by atoms with E-state index in [9.17, 15) is 14.0 Å². The summed E-state index contributed by atoms with van der Waals surface area (Å²) in [5.74, 6) is -0.00477. The Morgan fingerprint density at radius 1 is 1.30 bits per heavy atom. The highest BCUT2D eigenvalue weighted by Crippen LogP contribution is 2.38. The number of fused-ring (bicyclic) bond motifs is 1. The summed E-state index contributed by atoms with van der Waals surface area (Å²) in [6, 6.07) is 6.77. The standard InChI is InChI=1S/C22H27FN2O3S2/c1-14(2)25-11-10-17-18(13-25)30-21(20(17)22(27)28-3)24-19(26)5-4-12-29-16-8-6-15(23)7-9-16/h6-9,14H,4-5,10-13H2,1-3H3,(H,24,26). The number of thioether (sulfide) groups is 1. The maximum absolute atomic E-state index is 13.0. The topological polar surface area (TPSA) is 58.6 Å². The van der Waals surface area contributed by atoms with Gasteiger partial charge in [0.05, 0.1) is 12.7 Å². The summed E-state index contributed by atoms with van der Waals surface area (Å²) in [6.07, 6.45) is 1.82. The average molecular weight is 451 g/mol. The van der Waals surface area contributed by atoms with Gasteiger partial charge >= 0.3 is 5.97 Å². The van der Waals surface area contributed by atoms with Gasteiger partial charge in [-0.05, 0) is 62.3 Å². The van der Waals surface area contributed by atoms with Crippen LogP contribution in [-0.4, -0.2) is 42.2 Å². The van der Waals surface area contributed by atoms with E-state index in [1.54, 1.807) is 23.9 Å². The molecule has 162 valence electrons. The molecule has 8 heteroatoms. The van der Waals surface area contributed by atoms with E-state index in [-0.39, 0.29) is 11.7 Å². The number of methoxy groups -OCH3 is 1. The Bertz CT molecular complexity index is 897. The van der Waals surface area contributed by atoms with Gasteiger partial charge in [0, 0.05) is 35.3 Å². The molecule has 0 unspecified atom stereocenters. The number of nitrogens with one attached hydrogen (secondary N) is 1. The van der Waals surface area contributed by atoms with E-state index in [4.69, 9.17) is 4.74 Å². The van der Waals surface area contributed by atoms with Crippen molar-refractivity contribution in [3.8, 4) is 0 Å². The minimum absolute atomic E-state index is 0.112. The third-order valence-electron chi connectivity index (χ3n) is 5.09. The number of thiophene rings is 1. The molecule has 1 amide bonds. The first-order valence-corrected chi connectivity index (χ1v) is 11.8. The minimum Gasteiger partial charge on any atom is -0.465 e. The van der Waals surface area contributed by atoms with Crippen LogP contribution in [0.3, 0.4) is 0 Å². The van der Waals surface area contributed by atoms with Crippen molar-refractivity contribution in [2.75, 3.05) is 24.7 Å². The van der Waals surface area contributed by atoms with Crippen LogP contribution in [0.25, 0.3) is 0 Å². The lowest BCUT2D eigenvalue weighted by Gasteiger charge is -2.30. The van der Waals surface area contributed by atoms with Crippen LogP contribution in [-0.2, 0) is 22.5 Å². The van der Waals surface area contributed by atoms with E-state index in [0.29, 0.717) is 29.4 Å². The fraction of sp³-hybridized carbons (Fsp3) is 0.455. The normalized spacial score (nSPS) is 13.9. The summed E-state index contributed by atoms with van der Waals surface area (Å²) >= 11 is 3.07. The lowest BCUT2D eigenvalue weighted by Crippen LogP contribution is -2.35. The number of anilines is 1. The van der Waals surface area contributed by atoms with Gasteiger partial charge in [-0.3, -0.25) is 9.69 Å². The SMILES string of the molecule is COC(=O)c1c(NC(=O)CCCSc2ccc(F)cc2)sc2c1CCN(C(C)C)C2. The molecule has 1 aromatic carbocycles. The number of ether oxygens (including phenoxy) is 1. The Morgan fingerprint density at radius 2 is 2.03 bits per heavy atom. The Kier molecular flexibility index (Phi) is 7.91. The molecule has 0 saturated heterocycles. The zero-order chi connectivity index (χ0) is 21.7. The molecule has 3 rings (SSSR count). The molecule has 0 aliphatic carbocycles. The molecule has 0 atom stereocenters. The van der Waals surface area contributed by atoms with Crippen LogP contribution in [0.15, 0.2) is 29.2 Å². The van der Waals surface area contributed by atoms with E-state index in [1.807, 2.05) is 0 Å². The predicted molar refractivity (Wildman–Crippen MR) is 120 cm³/mol. The zero-order valence-electron chi connectivity index (χ0n) is 17.5. The van der Waals surface area contributed by atoms with Gasteiger partial charge in [-0.15, -0.1) is 23.1 Å². The number of esters is 1. The van der Waals surface area contributed by atoms with E-state index >= 15 is 0 Å². The van der Waals surface area contributed by atoms with Crippen LogP contribution in [0.2, 0.25) is 0 Å². The number of carbonyl (C=O) groups excluding carboxylic acids is 2. The number of halogens is 1. The molecule has 2 heterocycles. The molecule has 1 aromatic heterocycles. The van der Waals surface area contributed by atoms with Gasteiger partial charge in [0.15, 0.2) is 0 Å². The quantitative estimate of drug-likeness (QED) is 0.350. The fourth-order valence-corrected chi connectivity index (χ4v) is 5.54. The first-order valence-electron chi connectivity index (χ1n) is 10.0. The molecule has 5 nitrogen and oxygen atoms in total. The van der Waals surface area contributed by atoms with E-state index in [2.05, 4.69) is 24.1 Å². The molecule has 1 aliphatic rings. The second kappa shape index (κ2) is 10.4. The van der Waals surface area contributed by atoms with Gasteiger partial charge in [0.25, 0.3) is 0 Å². The van der Waals surface area contributed by atoms with E-state index < -0.39 is 5.97 Å². The van der Waals surface area contributed by atoms with Crippen molar-refractivity contribution < 1.29 is 18.7 Å². The van der Waals surface area contributed by atoms with E-state index in [1.165, 1.54) is 30.6 Å². The molecule has 1 aliphatic heterocycles. The lowest BCUT2D eigenvalue weighted by molar-refractivity contribution is -0.116. The first-order chi connectivity index (χ1) is 14.4. The molecular formula is C22H27FN2O3S2. The van der Waals surface area contributed by atoms with Crippen molar-refractivity contribution in [3.63, 3.8) is 0 Å². The molecule has 2 aromatic rings. The van der Waals surface area contributed by atoms with Crippen LogP contribution in [0.1, 0.15) is 47.5 Å². The molecule has 0 bridgehead atoms. The monoisotopic (exact) mass is 450 g/mol. The maximum atomic E-state index is 13.0. The second-order valence-electron chi connectivity index (χ2n) is 7.47. The summed E-state index contributed by atoms with van der Waals surface area (Å²) in [7, 11) is 1.37. The maximum Gasteiger partial charge on any atom is 0.341 e. The van der Waals surface area contributed by atoms with Crippen LogP contribution < -0.4 is 5.32 Å². The van der Waals surface area contributed by atoms with Crippen molar-refractivity contribution in [1.82, 2.24) is 4.90 Å². The number of amides is 1. The fourth-order valence-electron chi connectivity index (χ4n) is 3.41. The Hall–Kier alpha value is -1.90. The summed E-state index contributed by atoms with van der Waals surface area (Å²) in [5, 5.41) is 3.53. The van der Waals surface area contributed by atoms with Crippen LogP contribution >= 0.6 is 23.1 Å². The van der Waals surface area contributed by atoms with Gasteiger partial charge in [0.2, 0.25) is 5.91 Å². The third-order valence-corrected chi connectivity index (χ3v) is 7.32. The summed E-state index contributed by atoms with van der Waals surface area (Å²) in [6.45, 7) is 5.99. The first kappa shape index (κ1) is 22.8. The molecule has 0 fully saturated rings. The number of rotatable bonds is 8.